The number of halogens is 6. The number of ether oxygens (including phenoxy) is 4. The molecule has 101 heavy (non-hydrogen) atoms. The van der Waals surface area contributed by atoms with Crippen LogP contribution in [0.25, 0.3) is 0 Å². The van der Waals surface area contributed by atoms with E-state index in [1.54, 1.807) is 31.5 Å². The highest BCUT2D eigenvalue weighted by Crippen LogP contribution is 2.33. The summed E-state index contributed by atoms with van der Waals surface area (Å²) in [6.07, 6.45) is 22.6. The Bertz CT molecular complexity index is 4860. The van der Waals surface area contributed by atoms with E-state index >= 15 is 0 Å². The van der Waals surface area contributed by atoms with E-state index in [9.17, 15) is 41.1 Å². The second-order valence-corrected chi connectivity index (χ2v) is 25.0. The van der Waals surface area contributed by atoms with Crippen LogP contribution >= 0.6 is 27.3 Å². The lowest BCUT2D eigenvalue weighted by molar-refractivity contribution is 0.0982. The summed E-state index contributed by atoms with van der Waals surface area (Å²) in [6, 6.07) is 23.9. The molecule has 20 nitrogen and oxygen atoms in total. The molecular formula is C74H60BrF5N12O8S. The minimum atomic E-state index is -0.643. The van der Waals surface area contributed by atoms with Crippen molar-refractivity contribution in [2.24, 2.45) is 0 Å². The van der Waals surface area contributed by atoms with Crippen LogP contribution in [0.3, 0.4) is 0 Å². The molecule has 512 valence electrons. The maximum Gasteiger partial charge on any atom is 0.169 e. The van der Waals surface area contributed by atoms with Crippen LogP contribution in [-0.2, 0) is 37.5 Å². The van der Waals surface area contributed by atoms with Crippen molar-refractivity contribution in [3.8, 4) is 46.0 Å². The molecule has 27 heteroatoms. The van der Waals surface area contributed by atoms with E-state index in [0.717, 1.165) is 44.2 Å². The van der Waals surface area contributed by atoms with Crippen molar-refractivity contribution in [3.63, 3.8) is 0 Å². The van der Waals surface area contributed by atoms with E-state index in [4.69, 9.17) is 18.9 Å². The van der Waals surface area contributed by atoms with Crippen LogP contribution in [-0.4, -0.2) is 82.9 Å². The van der Waals surface area contributed by atoms with Crippen LogP contribution in [0.5, 0.6) is 46.0 Å². The van der Waals surface area contributed by atoms with Gasteiger partial charge in [0.15, 0.2) is 46.1 Å². The largest absolute Gasteiger partial charge is 0.454 e. The van der Waals surface area contributed by atoms with Gasteiger partial charge >= 0.3 is 0 Å². The predicted molar refractivity (Wildman–Crippen MR) is 366 cm³/mol. The van der Waals surface area contributed by atoms with Crippen LogP contribution in [0.4, 0.5) is 22.0 Å². The Hall–Kier alpha value is -11.7. The van der Waals surface area contributed by atoms with Crippen molar-refractivity contribution in [1.82, 2.24) is 59.8 Å². The number of Topliss-reactive ketones (excluding diaryl/α,β-unsaturated/α-hetero) is 4. The second kappa shape index (κ2) is 35.2. The highest BCUT2D eigenvalue weighted by molar-refractivity contribution is 9.10. The predicted octanol–water partition coefficient (Wildman–Crippen LogP) is 16.4. The van der Waals surface area contributed by atoms with Gasteiger partial charge in [0.2, 0.25) is 0 Å². The Morgan fingerprint density at radius 3 is 1.16 bits per heavy atom. The smallest absolute Gasteiger partial charge is 0.169 e. The van der Waals surface area contributed by atoms with Crippen molar-refractivity contribution in [2.75, 3.05) is 0 Å². The number of thiazole rings is 1. The molecule has 0 atom stereocenters. The summed E-state index contributed by atoms with van der Waals surface area (Å²) in [6.45, 7) is 12.0. The number of aryl methyl sites for hydroxylation is 3. The molecule has 0 aliphatic rings. The number of hydrogen-bond acceptors (Lipinski definition) is 21. The monoisotopic (exact) mass is 1450 g/mol. The van der Waals surface area contributed by atoms with E-state index in [2.05, 4.69) is 96.5 Å². The Labute approximate surface area is 588 Å². The van der Waals surface area contributed by atoms with Gasteiger partial charge in [-0.25, -0.2) is 66.8 Å². The number of ketones is 4. The fraction of sp³-hybridized carbons (Fsp3) is 0.162. The Balaban J connectivity index is 0.000000157. The lowest BCUT2D eigenvalue weighted by Gasteiger charge is -2.16. The topological polar surface area (TPSA) is 260 Å². The van der Waals surface area contributed by atoms with Crippen LogP contribution in [0.1, 0.15) is 113 Å². The molecular weight excluding hydrogens is 1390 g/mol. The van der Waals surface area contributed by atoms with Crippen LogP contribution in [0.2, 0.25) is 0 Å². The maximum absolute atomic E-state index is 14.0. The molecule has 0 aliphatic carbocycles. The third kappa shape index (κ3) is 22.9. The quantitative estimate of drug-likeness (QED) is 0.0478. The second-order valence-electron chi connectivity index (χ2n) is 23.0. The normalized spacial score (nSPS) is 10.7. The summed E-state index contributed by atoms with van der Waals surface area (Å²) in [5, 5.41) is 0.727. The molecule has 0 bridgehead atoms. The van der Waals surface area contributed by atoms with E-state index in [1.807, 2.05) is 26.0 Å². The number of nitrogens with zero attached hydrogens (tertiary/aromatic N) is 12. The molecule has 0 saturated heterocycles. The number of carbonyl (C=O) groups excluding carboxylic acids is 4. The summed E-state index contributed by atoms with van der Waals surface area (Å²) in [5.74, 6) is -1.87. The molecule has 0 N–H and O–H groups in total. The molecule has 0 unspecified atom stereocenters. The standard InChI is InChI=1S/C20H20FN3O2S.C19H16FN3O2.C18H13F2N3O2.C17H11BrFN3O2/c1-12-19(20(2,3)4)27-18(24-12)8-17(25)13-5-14(21)7-15(6-13)26-16-9-22-11-23-10-16;1-2-13-3-4-23-16(5-13)9-19(24)14-6-15(20)8-17(7-14)25-18-10-21-12-22-11-18;1-11-2-16(20)17(23-7-11)6-18(24)12-3-13(19)5-14(4-12)25-15-8-21-10-22-9-15;18-12-1-2-22-14(5-12)7-17(23)11-3-13(19)6-15(4-11)24-16-8-20-10-21-9-16/h5-7,9-11H,8H2,1-4H3;3-8,10-12H,2,9H2,1H3;2-5,7-10H,6H2,1H3;1-6,8-10H,7H2. The zero-order valence-electron chi connectivity index (χ0n) is 54.8. The van der Waals surface area contributed by atoms with Gasteiger partial charge in [-0.15, -0.1) is 11.3 Å². The molecule has 0 aliphatic heterocycles. The first-order valence-electron chi connectivity index (χ1n) is 30.7. The lowest BCUT2D eigenvalue weighted by Crippen LogP contribution is -2.10. The van der Waals surface area contributed by atoms with Crippen molar-refractivity contribution in [3.05, 3.63) is 296 Å². The van der Waals surface area contributed by atoms with Gasteiger partial charge in [-0.2, -0.15) is 0 Å². The van der Waals surface area contributed by atoms with Crippen molar-refractivity contribution in [1.29, 1.82) is 0 Å². The fourth-order valence-electron chi connectivity index (χ4n) is 9.36. The summed E-state index contributed by atoms with van der Waals surface area (Å²) in [7, 11) is 0. The van der Waals surface area contributed by atoms with Gasteiger partial charge in [0.1, 0.15) is 82.4 Å². The molecule has 4 aromatic carbocycles. The highest BCUT2D eigenvalue weighted by Gasteiger charge is 2.23. The van der Waals surface area contributed by atoms with Gasteiger partial charge in [-0.05, 0) is 116 Å². The highest BCUT2D eigenvalue weighted by atomic mass is 79.9. The summed E-state index contributed by atoms with van der Waals surface area (Å²) < 4.78 is 92.1. The van der Waals surface area contributed by atoms with Gasteiger partial charge in [0, 0.05) is 85.8 Å². The molecule has 12 rings (SSSR count). The summed E-state index contributed by atoms with van der Waals surface area (Å²) >= 11 is 4.85. The molecule has 0 radical (unpaired) electrons. The van der Waals surface area contributed by atoms with Gasteiger partial charge in [0.25, 0.3) is 0 Å². The first kappa shape index (κ1) is 73.5. The Kier molecular flexibility index (Phi) is 25.6. The zero-order chi connectivity index (χ0) is 72.0. The van der Waals surface area contributed by atoms with E-state index in [-0.39, 0.29) is 99.4 Å². The number of rotatable bonds is 21. The van der Waals surface area contributed by atoms with Crippen molar-refractivity contribution < 1.29 is 60.1 Å². The number of carbonyl (C=O) groups is 4. The first-order chi connectivity index (χ1) is 48.5. The average Bonchev–Trinajstić information content (AvgIpc) is 1.75. The molecule has 0 amide bonds. The van der Waals surface area contributed by atoms with E-state index < -0.39 is 34.9 Å². The summed E-state index contributed by atoms with van der Waals surface area (Å²) in [5.41, 5.74) is 4.68. The molecule has 0 fully saturated rings. The van der Waals surface area contributed by atoms with E-state index in [0.29, 0.717) is 39.9 Å². The molecule has 0 saturated carbocycles. The van der Waals surface area contributed by atoms with Gasteiger partial charge in [0.05, 0.1) is 86.6 Å². The van der Waals surface area contributed by atoms with Gasteiger partial charge in [-0.1, -0.05) is 43.6 Å². The SMILES string of the molecule is CCc1ccnc(CC(=O)c2cc(F)cc(Oc3cncnc3)c2)c1.Cc1cnc(CC(=O)c2cc(F)cc(Oc3cncnc3)c2)c(F)c1.Cc1nc(CC(=O)c2cc(F)cc(Oc3cncnc3)c2)sc1C(C)(C)C.O=C(Cc1cc(Br)ccn1)c1cc(F)cc(Oc2cncnc2)c1. The number of aromatic nitrogens is 12. The lowest BCUT2D eigenvalue weighted by atomic mass is 9.93. The minimum Gasteiger partial charge on any atom is -0.454 e. The molecule has 0 spiro atoms. The van der Waals surface area contributed by atoms with E-state index in [1.165, 1.54) is 159 Å². The minimum absolute atomic E-state index is 0.0128. The Morgan fingerprint density at radius 1 is 0.436 bits per heavy atom. The zero-order valence-corrected chi connectivity index (χ0v) is 57.2. The summed E-state index contributed by atoms with van der Waals surface area (Å²) in [4.78, 5) is 98.3. The van der Waals surface area contributed by atoms with Crippen molar-refractivity contribution >= 4 is 50.4 Å². The molecule has 12 aromatic rings. The number of benzene rings is 4. The van der Waals surface area contributed by atoms with Crippen LogP contribution in [0, 0.1) is 42.9 Å². The third-order valence-electron chi connectivity index (χ3n) is 13.8. The fourth-order valence-corrected chi connectivity index (χ4v) is 10.9. The van der Waals surface area contributed by atoms with Gasteiger partial charge < -0.3 is 18.9 Å². The molecule has 8 aromatic heterocycles. The third-order valence-corrected chi connectivity index (χ3v) is 15.9. The van der Waals surface area contributed by atoms with Gasteiger partial charge in [-0.3, -0.25) is 34.1 Å². The van der Waals surface area contributed by atoms with Crippen LogP contribution in [0.15, 0.2) is 201 Å². The maximum atomic E-state index is 14.0. The number of pyridine rings is 3. The van der Waals surface area contributed by atoms with Crippen molar-refractivity contribution in [2.45, 2.75) is 79.1 Å². The van der Waals surface area contributed by atoms with Crippen LogP contribution < -0.4 is 18.9 Å². The molecule has 8 heterocycles. The average molecular weight is 1450 g/mol. The number of hydrogen-bond donors (Lipinski definition) is 0. The first-order valence-corrected chi connectivity index (χ1v) is 32.3. The Morgan fingerprint density at radius 2 is 0.802 bits per heavy atom.